The Morgan fingerprint density at radius 3 is 2.70 bits per heavy atom. The first-order valence-corrected chi connectivity index (χ1v) is 8.22. The highest BCUT2D eigenvalue weighted by atomic mass is 16.5. The molecule has 2 aliphatic rings. The van der Waals surface area contributed by atoms with E-state index in [0.717, 1.165) is 56.2 Å². The van der Waals surface area contributed by atoms with Gasteiger partial charge in [0.1, 0.15) is 5.75 Å². The summed E-state index contributed by atoms with van der Waals surface area (Å²) in [5.41, 5.74) is 2.07. The summed E-state index contributed by atoms with van der Waals surface area (Å²) in [5.74, 6) is 0.940. The monoisotopic (exact) mass is 318 g/mol. The van der Waals surface area contributed by atoms with Gasteiger partial charge in [0.25, 0.3) is 5.91 Å². The number of methoxy groups -OCH3 is 2. The van der Waals surface area contributed by atoms with Crippen molar-refractivity contribution in [1.82, 2.24) is 9.80 Å². The van der Waals surface area contributed by atoms with E-state index < -0.39 is 0 Å². The zero-order chi connectivity index (χ0) is 16.4. The van der Waals surface area contributed by atoms with E-state index in [1.54, 1.807) is 14.2 Å². The first-order chi connectivity index (χ1) is 11.1. The van der Waals surface area contributed by atoms with Crippen LogP contribution in [-0.2, 0) is 4.74 Å². The van der Waals surface area contributed by atoms with Gasteiger partial charge in [-0.1, -0.05) is 0 Å². The number of hydrogen-bond acceptors (Lipinski definition) is 4. The normalized spacial score (nSPS) is 19.9. The molecule has 0 radical (unpaired) electrons. The summed E-state index contributed by atoms with van der Waals surface area (Å²) in [5, 5.41) is 0. The van der Waals surface area contributed by atoms with Crippen molar-refractivity contribution in [2.24, 2.45) is 5.41 Å². The van der Waals surface area contributed by atoms with Crippen molar-refractivity contribution in [3.8, 4) is 5.75 Å². The van der Waals surface area contributed by atoms with Gasteiger partial charge in [-0.3, -0.25) is 4.79 Å². The smallest absolute Gasteiger partial charge is 0.254 e. The summed E-state index contributed by atoms with van der Waals surface area (Å²) in [6, 6.07) is 5.66. The van der Waals surface area contributed by atoms with E-state index in [9.17, 15) is 4.79 Å². The minimum Gasteiger partial charge on any atom is -0.497 e. The van der Waals surface area contributed by atoms with E-state index in [-0.39, 0.29) is 5.91 Å². The molecular weight excluding hydrogens is 292 g/mol. The molecule has 3 rings (SSSR count). The molecule has 0 unspecified atom stereocenters. The van der Waals surface area contributed by atoms with Gasteiger partial charge in [-0.15, -0.1) is 0 Å². The highest BCUT2D eigenvalue weighted by Gasteiger charge is 2.49. The standard InChI is InChI=1S/C18H26N2O3/c1-14-10-15(23-3)4-5-16(14)17(21)20-12-18(13-20)6-7-19(11-18)8-9-22-2/h4-5,10H,6-9,11-13H2,1-3H3. The summed E-state index contributed by atoms with van der Waals surface area (Å²) in [6.07, 6.45) is 1.18. The number of aryl methyl sites for hydroxylation is 1. The van der Waals surface area contributed by atoms with Crippen molar-refractivity contribution in [2.45, 2.75) is 13.3 Å². The largest absolute Gasteiger partial charge is 0.497 e. The van der Waals surface area contributed by atoms with Gasteiger partial charge < -0.3 is 19.3 Å². The summed E-state index contributed by atoms with van der Waals surface area (Å²) < 4.78 is 10.4. The number of likely N-dealkylation sites (tertiary alicyclic amines) is 2. The van der Waals surface area contributed by atoms with Crippen LogP contribution in [0.2, 0.25) is 0 Å². The predicted octanol–water partition coefficient (Wildman–Crippen LogP) is 1.80. The Hall–Kier alpha value is -1.59. The Bertz CT molecular complexity index is 582. The molecule has 1 spiro atoms. The van der Waals surface area contributed by atoms with Gasteiger partial charge in [-0.2, -0.15) is 0 Å². The van der Waals surface area contributed by atoms with Crippen molar-refractivity contribution in [1.29, 1.82) is 0 Å². The first kappa shape index (κ1) is 16.3. The summed E-state index contributed by atoms with van der Waals surface area (Å²) >= 11 is 0. The van der Waals surface area contributed by atoms with Gasteiger partial charge in [0.2, 0.25) is 0 Å². The average molecular weight is 318 g/mol. The molecule has 2 saturated heterocycles. The second-order valence-corrected chi connectivity index (χ2v) is 6.86. The van der Waals surface area contributed by atoms with Gasteiger partial charge in [0.15, 0.2) is 0 Å². The molecule has 0 bridgehead atoms. The minimum atomic E-state index is 0.145. The molecule has 126 valence electrons. The van der Waals surface area contributed by atoms with Crippen molar-refractivity contribution < 1.29 is 14.3 Å². The second kappa shape index (κ2) is 6.49. The lowest BCUT2D eigenvalue weighted by Gasteiger charge is -2.48. The van der Waals surface area contributed by atoms with Crippen LogP contribution >= 0.6 is 0 Å². The molecule has 5 heteroatoms. The number of carbonyl (C=O) groups excluding carboxylic acids is 1. The maximum absolute atomic E-state index is 12.7. The van der Waals surface area contributed by atoms with Crippen LogP contribution in [0.25, 0.3) is 0 Å². The minimum absolute atomic E-state index is 0.145. The topological polar surface area (TPSA) is 42.0 Å². The summed E-state index contributed by atoms with van der Waals surface area (Å²) in [4.78, 5) is 17.1. The number of benzene rings is 1. The molecule has 1 aromatic rings. The van der Waals surface area contributed by atoms with Crippen LogP contribution in [0.15, 0.2) is 18.2 Å². The molecule has 5 nitrogen and oxygen atoms in total. The van der Waals surface area contributed by atoms with Crippen molar-refractivity contribution in [3.63, 3.8) is 0 Å². The lowest BCUT2D eigenvalue weighted by atomic mass is 9.78. The molecule has 1 aromatic carbocycles. The number of ether oxygens (including phenoxy) is 2. The SMILES string of the molecule is COCCN1CCC2(C1)CN(C(=O)c1ccc(OC)cc1C)C2. The highest BCUT2D eigenvalue weighted by molar-refractivity contribution is 5.96. The summed E-state index contributed by atoms with van der Waals surface area (Å²) in [7, 11) is 3.39. The van der Waals surface area contributed by atoms with Crippen LogP contribution in [0.1, 0.15) is 22.3 Å². The number of nitrogens with zero attached hydrogens (tertiary/aromatic N) is 2. The summed E-state index contributed by atoms with van der Waals surface area (Å²) in [6.45, 7) is 7.69. The van der Waals surface area contributed by atoms with E-state index in [0.29, 0.717) is 5.41 Å². The number of carbonyl (C=O) groups is 1. The third-order valence-electron chi connectivity index (χ3n) is 5.13. The molecule has 0 saturated carbocycles. The highest BCUT2D eigenvalue weighted by Crippen LogP contribution is 2.40. The Kier molecular flexibility index (Phi) is 4.60. The lowest BCUT2D eigenvalue weighted by Crippen LogP contribution is -2.59. The van der Waals surface area contributed by atoms with Crippen LogP contribution < -0.4 is 4.74 Å². The molecule has 0 N–H and O–H groups in total. The van der Waals surface area contributed by atoms with Crippen LogP contribution in [0.3, 0.4) is 0 Å². The van der Waals surface area contributed by atoms with Crippen molar-refractivity contribution in [3.05, 3.63) is 29.3 Å². The molecule has 2 fully saturated rings. The van der Waals surface area contributed by atoms with E-state index in [1.165, 1.54) is 6.42 Å². The number of hydrogen-bond donors (Lipinski definition) is 0. The zero-order valence-electron chi connectivity index (χ0n) is 14.3. The van der Waals surface area contributed by atoms with E-state index in [4.69, 9.17) is 9.47 Å². The van der Waals surface area contributed by atoms with Crippen LogP contribution in [0.4, 0.5) is 0 Å². The molecule has 2 aliphatic heterocycles. The molecule has 2 heterocycles. The Morgan fingerprint density at radius 2 is 2.04 bits per heavy atom. The van der Waals surface area contributed by atoms with Gasteiger partial charge in [0.05, 0.1) is 13.7 Å². The van der Waals surface area contributed by atoms with Crippen LogP contribution in [-0.4, -0.2) is 69.3 Å². The molecule has 0 aromatic heterocycles. The number of rotatable bonds is 5. The fourth-order valence-corrected chi connectivity index (χ4v) is 3.78. The van der Waals surface area contributed by atoms with Gasteiger partial charge in [-0.05, 0) is 43.7 Å². The lowest BCUT2D eigenvalue weighted by molar-refractivity contribution is 0.00964. The molecule has 1 amide bonds. The molecular formula is C18H26N2O3. The first-order valence-electron chi connectivity index (χ1n) is 8.22. The average Bonchev–Trinajstić information content (AvgIpc) is 2.95. The van der Waals surface area contributed by atoms with Gasteiger partial charge in [-0.25, -0.2) is 0 Å². The molecule has 0 atom stereocenters. The Morgan fingerprint density at radius 1 is 1.26 bits per heavy atom. The van der Waals surface area contributed by atoms with Crippen LogP contribution in [0.5, 0.6) is 5.75 Å². The van der Waals surface area contributed by atoms with Crippen molar-refractivity contribution >= 4 is 5.91 Å². The van der Waals surface area contributed by atoms with Gasteiger partial charge in [0, 0.05) is 44.3 Å². The maximum atomic E-state index is 12.7. The Balaban J connectivity index is 1.58. The number of amides is 1. The van der Waals surface area contributed by atoms with Gasteiger partial charge >= 0.3 is 0 Å². The molecule has 0 aliphatic carbocycles. The maximum Gasteiger partial charge on any atom is 0.254 e. The zero-order valence-corrected chi connectivity index (χ0v) is 14.3. The van der Waals surface area contributed by atoms with Crippen molar-refractivity contribution in [2.75, 3.05) is 53.6 Å². The third kappa shape index (κ3) is 3.21. The quantitative estimate of drug-likeness (QED) is 0.830. The van der Waals surface area contributed by atoms with Crippen LogP contribution in [0, 0.1) is 12.3 Å². The van der Waals surface area contributed by atoms with E-state index in [2.05, 4.69) is 4.90 Å². The second-order valence-electron chi connectivity index (χ2n) is 6.86. The fraction of sp³-hybridized carbons (Fsp3) is 0.611. The Labute approximate surface area is 138 Å². The third-order valence-corrected chi connectivity index (χ3v) is 5.13. The molecule has 23 heavy (non-hydrogen) atoms. The fourth-order valence-electron chi connectivity index (χ4n) is 3.78. The van der Waals surface area contributed by atoms with E-state index >= 15 is 0 Å². The van der Waals surface area contributed by atoms with E-state index in [1.807, 2.05) is 30.0 Å². The predicted molar refractivity (Wildman–Crippen MR) is 89.0 cm³/mol.